The van der Waals surface area contributed by atoms with E-state index in [1.165, 1.54) is 0 Å². The first-order chi connectivity index (χ1) is 9.60. The lowest BCUT2D eigenvalue weighted by molar-refractivity contribution is -0.117. The fraction of sp³-hybridized carbons (Fsp3) is 0.500. The second kappa shape index (κ2) is 6.30. The molecule has 1 aromatic rings. The van der Waals surface area contributed by atoms with Gasteiger partial charge in [0.25, 0.3) is 0 Å². The van der Waals surface area contributed by atoms with Gasteiger partial charge in [0, 0.05) is 30.1 Å². The van der Waals surface area contributed by atoms with Gasteiger partial charge in [-0.3, -0.25) is 4.79 Å². The highest BCUT2D eigenvalue weighted by atomic mass is 16.5. The molecule has 0 saturated carbocycles. The maximum atomic E-state index is 12.0. The lowest BCUT2D eigenvalue weighted by atomic mass is 10.1. The van der Waals surface area contributed by atoms with Crippen LogP contribution >= 0.6 is 0 Å². The van der Waals surface area contributed by atoms with E-state index < -0.39 is 0 Å². The minimum atomic E-state index is 0.0701. The second-order valence-corrected chi connectivity index (χ2v) is 5.15. The fourth-order valence-electron chi connectivity index (χ4n) is 2.28. The lowest BCUT2D eigenvalue weighted by Crippen LogP contribution is -2.24. The van der Waals surface area contributed by atoms with Crippen LogP contribution in [0.2, 0.25) is 0 Å². The molecule has 0 aromatic heterocycles. The summed E-state index contributed by atoms with van der Waals surface area (Å²) in [6.07, 6.45) is 0.561. The highest BCUT2D eigenvalue weighted by Crippen LogP contribution is 2.27. The van der Waals surface area contributed by atoms with E-state index in [4.69, 9.17) is 10.3 Å². The third-order valence-corrected chi connectivity index (χ3v) is 3.13. The molecular weight excluding hydrogens is 256 g/mol. The Morgan fingerprint density at radius 3 is 2.75 bits per heavy atom. The lowest BCUT2D eigenvalue weighted by Gasteiger charge is -2.17. The van der Waals surface area contributed by atoms with Crippen molar-refractivity contribution in [3.8, 4) is 5.75 Å². The van der Waals surface area contributed by atoms with Crippen LogP contribution in [0.25, 0.3) is 10.4 Å². The first kappa shape index (κ1) is 14.2. The van der Waals surface area contributed by atoms with Crippen LogP contribution in [0.4, 0.5) is 5.69 Å². The number of carbonyl (C=O) groups is 1. The van der Waals surface area contributed by atoms with Crippen molar-refractivity contribution < 1.29 is 9.53 Å². The van der Waals surface area contributed by atoms with Gasteiger partial charge in [0.1, 0.15) is 5.75 Å². The molecular formula is C14H18N4O2. The van der Waals surface area contributed by atoms with Crippen molar-refractivity contribution in [3.63, 3.8) is 0 Å². The van der Waals surface area contributed by atoms with Gasteiger partial charge in [0.2, 0.25) is 5.91 Å². The Labute approximate surface area is 118 Å². The van der Waals surface area contributed by atoms with Gasteiger partial charge in [-0.05, 0) is 49.6 Å². The van der Waals surface area contributed by atoms with E-state index in [0.29, 0.717) is 19.5 Å². The van der Waals surface area contributed by atoms with Crippen molar-refractivity contribution in [1.82, 2.24) is 0 Å². The number of hydrogen-bond acceptors (Lipinski definition) is 3. The van der Waals surface area contributed by atoms with E-state index in [1.54, 1.807) is 4.90 Å². The topological polar surface area (TPSA) is 78.3 Å². The van der Waals surface area contributed by atoms with Crippen LogP contribution in [0, 0.1) is 5.92 Å². The molecule has 0 aliphatic carbocycles. The zero-order valence-corrected chi connectivity index (χ0v) is 11.7. The van der Waals surface area contributed by atoms with Gasteiger partial charge < -0.3 is 9.64 Å². The van der Waals surface area contributed by atoms with E-state index in [2.05, 4.69) is 10.0 Å². The van der Waals surface area contributed by atoms with Gasteiger partial charge in [-0.25, -0.2) is 0 Å². The number of azide groups is 1. The monoisotopic (exact) mass is 274 g/mol. The molecule has 1 amide bonds. The van der Waals surface area contributed by atoms with E-state index in [-0.39, 0.29) is 17.9 Å². The number of nitrogens with zero attached hydrogens (tertiary/aromatic N) is 4. The molecule has 1 aliphatic heterocycles. The molecule has 20 heavy (non-hydrogen) atoms. The number of carbonyl (C=O) groups excluding carboxylic acids is 1. The van der Waals surface area contributed by atoms with Gasteiger partial charge in [-0.15, -0.1) is 0 Å². The molecule has 1 aliphatic rings. The summed E-state index contributed by atoms with van der Waals surface area (Å²) in [7, 11) is 0. The minimum absolute atomic E-state index is 0.0701. The van der Waals surface area contributed by atoms with Crippen LogP contribution in [0.1, 0.15) is 20.3 Å². The van der Waals surface area contributed by atoms with E-state index in [9.17, 15) is 4.79 Å². The Hall–Kier alpha value is -2.20. The van der Waals surface area contributed by atoms with Gasteiger partial charge in [-0.1, -0.05) is 5.11 Å². The number of anilines is 1. The summed E-state index contributed by atoms with van der Waals surface area (Å²) in [4.78, 5) is 16.4. The van der Waals surface area contributed by atoms with Gasteiger partial charge in [-0.2, -0.15) is 0 Å². The molecule has 6 heteroatoms. The molecule has 106 valence electrons. The summed E-state index contributed by atoms with van der Waals surface area (Å²) < 4.78 is 5.57. The number of benzene rings is 1. The molecule has 0 bridgehead atoms. The zero-order chi connectivity index (χ0) is 14.5. The molecule has 6 nitrogen and oxygen atoms in total. The fourth-order valence-corrected chi connectivity index (χ4v) is 2.28. The Morgan fingerprint density at radius 2 is 2.15 bits per heavy atom. The average Bonchev–Trinajstić information content (AvgIpc) is 2.78. The summed E-state index contributed by atoms with van der Waals surface area (Å²) in [5.41, 5.74) is 9.18. The van der Waals surface area contributed by atoms with Gasteiger partial charge >= 0.3 is 0 Å². The molecule has 1 atom stereocenters. The predicted molar refractivity (Wildman–Crippen MR) is 76.7 cm³/mol. The SMILES string of the molecule is CC(C)Oc1ccc(N2CC(CN=[N+]=[N-])CC2=O)cc1. The first-order valence-corrected chi connectivity index (χ1v) is 6.68. The van der Waals surface area contributed by atoms with Crippen LogP contribution in [0.3, 0.4) is 0 Å². The summed E-state index contributed by atoms with van der Waals surface area (Å²) >= 11 is 0. The van der Waals surface area contributed by atoms with Crippen molar-refractivity contribution in [2.24, 2.45) is 11.0 Å². The molecule has 0 N–H and O–H groups in total. The summed E-state index contributed by atoms with van der Waals surface area (Å²) in [5, 5.41) is 3.54. The predicted octanol–water partition coefficient (Wildman–Crippen LogP) is 3.14. The Kier molecular flexibility index (Phi) is 4.48. The standard InChI is InChI=1S/C14H18N4O2/c1-10(2)20-13-5-3-12(4-6-13)18-9-11(7-14(18)19)8-16-17-15/h3-6,10-11H,7-9H2,1-2H3. The van der Waals surface area contributed by atoms with Gasteiger partial charge in [0.15, 0.2) is 0 Å². The van der Waals surface area contributed by atoms with Gasteiger partial charge in [0.05, 0.1) is 6.10 Å². The second-order valence-electron chi connectivity index (χ2n) is 5.15. The highest BCUT2D eigenvalue weighted by molar-refractivity contribution is 5.95. The smallest absolute Gasteiger partial charge is 0.227 e. The first-order valence-electron chi connectivity index (χ1n) is 6.68. The maximum Gasteiger partial charge on any atom is 0.227 e. The van der Waals surface area contributed by atoms with Crippen molar-refractivity contribution in [2.45, 2.75) is 26.4 Å². The summed E-state index contributed by atoms with van der Waals surface area (Å²) in [5.74, 6) is 0.965. The largest absolute Gasteiger partial charge is 0.491 e. The van der Waals surface area contributed by atoms with E-state index in [0.717, 1.165) is 11.4 Å². The van der Waals surface area contributed by atoms with Crippen molar-refractivity contribution in [1.29, 1.82) is 0 Å². The quantitative estimate of drug-likeness (QED) is 0.469. The molecule has 1 fully saturated rings. The van der Waals surface area contributed by atoms with Crippen LogP contribution in [-0.4, -0.2) is 25.1 Å². The number of hydrogen-bond donors (Lipinski definition) is 0. The summed E-state index contributed by atoms with van der Waals surface area (Å²) in [6.45, 7) is 4.91. The highest BCUT2D eigenvalue weighted by Gasteiger charge is 2.29. The third kappa shape index (κ3) is 3.42. The van der Waals surface area contributed by atoms with E-state index >= 15 is 0 Å². The molecule has 0 radical (unpaired) electrons. The molecule has 2 rings (SSSR count). The molecule has 1 unspecified atom stereocenters. The molecule has 1 aromatic carbocycles. The summed E-state index contributed by atoms with van der Waals surface area (Å²) in [6, 6.07) is 7.49. The molecule has 1 saturated heterocycles. The Morgan fingerprint density at radius 1 is 1.45 bits per heavy atom. The average molecular weight is 274 g/mol. The maximum absolute atomic E-state index is 12.0. The Balaban J connectivity index is 2.04. The van der Waals surface area contributed by atoms with Crippen molar-refractivity contribution in [2.75, 3.05) is 18.0 Å². The van der Waals surface area contributed by atoms with Crippen molar-refractivity contribution in [3.05, 3.63) is 34.7 Å². The number of ether oxygens (including phenoxy) is 1. The zero-order valence-electron chi connectivity index (χ0n) is 11.7. The molecule has 1 heterocycles. The normalized spacial score (nSPS) is 18.2. The van der Waals surface area contributed by atoms with Crippen LogP contribution in [0.5, 0.6) is 5.75 Å². The molecule has 0 spiro atoms. The number of amides is 1. The Bertz CT molecular complexity index is 520. The van der Waals surface area contributed by atoms with Crippen molar-refractivity contribution >= 4 is 11.6 Å². The third-order valence-electron chi connectivity index (χ3n) is 3.13. The number of rotatable bonds is 5. The minimum Gasteiger partial charge on any atom is -0.491 e. The van der Waals surface area contributed by atoms with E-state index in [1.807, 2.05) is 38.1 Å². The van der Waals surface area contributed by atoms with Crippen LogP contribution in [-0.2, 0) is 4.79 Å². The van der Waals surface area contributed by atoms with Crippen LogP contribution < -0.4 is 9.64 Å². The van der Waals surface area contributed by atoms with Crippen LogP contribution in [0.15, 0.2) is 29.4 Å².